The lowest BCUT2D eigenvalue weighted by atomic mass is 10.1. The van der Waals surface area contributed by atoms with Crippen molar-refractivity contribution in [1.82, 2.24) is 14.8 Å². The van der Waals surface area contributed by atoms with E-state index in [1.54, 1.807) is 4.68 Å². The van der Waals surface area contributed by atoms with Gasteiger partial charge in [-0.3, -0.25) is 14.3 Å². The van der Waals surface area contributed by atoms with Crippen LogP contribution in [0.3, 0.4) is 0 Å². The molecular formula is C13H11N3O2. The van der Waals surface area contributed by atoms with Crippen molar-refractivity contribution in [1.29, 1.82) is 0 Å². The zero-order valence-corrected chi connectivity index (χ0v) is 9.80. The molecule has 18 heavy (non-hydrogen) atoms. The lowest BCUT2D eigenvalue weighted by molar-refractivity contribution is -0.117. The lowest BCUT2D eigenvalue weighted by Crippen LogP contribution is -2.10. The van der Waals surface area contributed by atoms with Crippen molar-refractivity contribution in [3.05, 3.63) is 40.8 Å². The number of ketones is 1. The minimum Gasteiger partial charge on any atom is -0.321 e. The minimum atomic E-state index is -0.182. The molecule has 0 bridgehead atoms. The van der Waals surface area contributed by atoms with Crippen LogP contribution in [0.1, 0.15) is 6.92 Å². The molecule has 5 nitrogen and oxygen atoms in total. The number of hydrogen-bond acceptors (Lipinski definition) is 3. The highest BCUT2D eigenvalue weighted by atomic mass is 16.1. The molecule has 5 heteroatoms. The van der Waals surface area contributed by atoms with Crippen LogP contribution in [0.2, 0.25) is 0 Å². The number of hydrogen-bond donors (Lipinski definition) is 1. The largest absolute Gasteiger partial charge is 0.321 e. The van der Waals surface area contributed by atoms with Crippen LogP contribution >= 0.6 is 0 Å². The van der Waals surface area contributed by atoms with Crippen LogP contribution in [0.4, 0.5) is 0 Å². The minimum absolute atomic E-state index is 0.00404. The Labute approximate surface area is 102 Å². The molecule has 0 saturated carbocycles. The zero-order chi connectivity index (χ0) is 12.7. The van der Waals surface area contributed by atoms with E-state index in [4.69, 9.17) is 0 Å². The van der Waals surface area contributed by atoms with Crippen LogP contribution in [0, 0.1) is 0 Å². The first-order valence-corrected chi connectivity index (χ1v) is 5.63. The molecule has 90 valence electrons. The molecule has 3 aromatic rings. The van der Waals surface area contributed by atoms with Gasteiger partial charge in [-0.1, -0.05) is 18.2 Å². The van der Waals surface area contributed by atoms with E-state index in [2.05, 4.69) is 10.1 Å². The molecule has 0 unspecified atom stereocenters. The van der Waals surface area contributed by atoms with Gasteiger partial charge < -0.3 is 4.98 Å². The van der Waals surface area contributed by atoms with Gasteiger partial charge in [0.25, 0.3) is 5.56 Å². The monoisotopic (exact) mass is 241 g/mol. The Bertz CT molecular complexity index is 814. The number of carbonyl (C=O) groups excluding carboxylic acids is 1. The van der Waals surface area contributed by atoms with Crippen molar-refractivity contribution in [2.75, 3.05) is 0 Å². The van der Waals surface area contributed by atoms with Crippen molar-refractivity contribution < 1.29 is 4.79 Å². The number of rotatable bonds is 2. The molecule has 0 fully saturated rings. The van der Waals surface area contributed by atoms with Gasteiger partial charge in [-0.15, -0.1) is 0 Å². The summed E-state index contributed by atoms with van der Waals surface area (Å²) in [5, 5.41) is 5.53. The Morgan fingerprint density at radius 2 is 2.11 bits per heavy atom. The van der Waals surface area contributed by atoms with Crippen LogP contribution in [-0.2, 0) is 11.3 Å². The first kappa shape index (κ1) is 10.7. The number of carbonyl (C=O) groups is 1. The lowest BCUT2D eigenvalue weighted by Gasteiger charge is -2.03. The van der Waals surface area contributed by atoms with Crippen LogP contribution in [0.25, 0.3) is 21.8 Å². The SMILES string of the molecule is CC(=O)Cn1ncc2c(=O)[nH]c3ccccc3c21. The maximum atomic E-state index is 11.9. The molecule has 0 atom stereocenters. The summed E-state index contributed by atoms with van der Waals surface area (Å²) < 4.78 is 1.58. The summed E-state index contributed by atoms with van der Waals surface area (Å²) in [5.74, 6) is 0.00404. The summed E-state index contributed by atoms with van der Waals surface area (Å²) in [4.78, 5) is 25.9. The third-order valence-electron chi connectivity index (χ3n) is 2.89. The van der Waals surface area contributed by atoms with Crippen molar-refractivity contribution in [3.8, 4) is 0 Å². The first-order valence-electron chi connectivity index (χ1n) is 5.63. The smallest absolute Gasteiger partial charge is 0.259 e. The Balaban J connectivity index is 2.47. The fraction of sp³-hybridized carbons (Fsp3) is 0.154. The number of aromatic nitrogens is 3. The van der Waals surface area contributed by atoms with Gasteiger partial charge in [-0.05, 0) is 13.0 Å². The average Bonchev–Trinajstić information content (AvgIpc) is 2.73. The van der Waals surface area contributed by atoms with Crippen LogP contribution < -0.4 is 5.56 Å². The normalized spacial score (nSPS) is 11.2. The van der Waals surface area contributed by atoms with E-state index in [0.717, 1.165) is 10.9 Å². The highest BCUT2D eigenvalue weighted by molar-refractivity contribution is 6.03. The average molecular weight is 241 g/mol. The predicted molar refractivity (Wildman–Crippen MR) is 68.5 cm³/mol. The summed E-state index contributed by atoms with van der Waals surface area (Å²) in [6, 6.07) is 7.49. The van der Waals surface area contributed by atoms with E-state index in [1.807, 2.05) is 24.3 Å². The number of para-hydroxylation sites is 1. The standard InChI is InChI=1S/C13H11N3O2/c1-8(17)7-16-12-9-4-2-3-5-11(9)15-13(18)10(12)6-14-16/h2-6H,7H2,1H3,(H,15,18). The summed E-state index contributed by atoms with van der Waals surface area (Å²) in [7, 11) is 0. The van der Waals surface area contributed by atoms with Crippen molar-refractivity contribution in [2.24, 2.45) is 0 Å². The van der Waals surface area contributed by atoms with Gasteiger partial charge >= 0.3 is 0 Å². The number of pyridine rings is 1. The number of aromatic amines is 1. The number of fused-ring (bicyclic) bond motifs is 3. The molecule has 1 aromatic carbocycles. The molecule has 3 rings (SSSR count). The number of Topliss-reactive ketones (excluding diaryl/α,β-unsaturated/α-hetero) is 1. The van der Waals surface area contributed by atoms with Crippen LogP contribution in [0.15, 0.2) is 35.3 Å². The van der Waals surface area contributed by atoms with Gasteiger partial charge in [0, 0.05) is 5.39 Å². The van der Waals surface area contributed by atoms with Crippen LogP contribution in [0.5, 0.6) is 0 Å². The van der Waals surface area contributed by atoms with E-state index >= 15 is 0 Å². The third kappa shape index (κ3) is 1.52. The van der Waals surface area contributed by atoms with E-state index in [9.17, 15) is 9.59 Å². The topological polar surface area (TPSA) is 67.8 Å². The van der Waals surface area contributed by atoms with Gasteiger partial charge in [0.05, 0.1) is 29.2 Å². The quantitative estimate of drug-likeness (QED) is 0.738. The van der Waals surface area contributed by atoms with Crippen molar-refractivity contribution >= 4 is 27.6 Å². The maximum absolute atomic E-state index is 11.9. The number of H-pyrrole nitrogens is 1. The van der Waals surface area contributed by atoms with Crippen LogP contribution in [-0.4, -0.2) is 20.5 Å². The highest BCUT2D eigenvalue weighted by Gasteiger charge is 2.11. The molecule has 0 aliphatic heterocycles. The van der Waals surface area contributed by atoms with Gasteiger partial charge in [-0.25, -0.2) is 0 Å². The van der Waals surface area contributed by atoms with E-state index < -0.39 is 0 Å². The summed E-state index contributed by atoms with van der Waals surface area (Å²) >= 11 is 0. The number of nitrogens with zero attached hydrogens (tertiary/aromatic N) is 2. The molecule has 1 N–H and O–H groups in total. The van der Waals surface area contributed by atoms with Crippen molar-refractivity contribution in [3.63, 3.8) is 0 Å². The molecule has 0 spiro atoms. The van der Waals surface area contributed by atoms with E-state index in [1.165, 1.54) is 13.1 Å². The third-order valence-corrected chi connectivity index (χ3v) is 2.89. The molecular weight excluding hydrogens is 230 g/mol. The Morgan fingerprint density at radius 1 is 1.33 bits per heavy atom. The number of nitrogens with one attached hydrogen (secondary N) is 1. The second-order valence-corrected chi connectivity index (χ2v) is 4.27. The molecule has 0 radical (unpaired) electrons. The Morgan fingerprint density at radius 3 is 2.89 bits per heavy atom. The summed E-state index contributed by atoms with van der Waals surface area (Å²) in [6.07, 6.45) is 1.50. The molecule has 2 aromatic heterocycles. The molecule has 0 aliphatic carbocycles. The Kier molecular flexibility index (Phi) is 2.26. The second kappa shape index (κ2) is 3.80. The molecule has 2 heterocycles. The maximum Gasteiger partial charge on any atom is 0.259 e. The number of benzene rings is 1. The van der Waals surface area contributed by atoms with E-state index in [-0.39, 0.29) is 17.9 Å². The molecule has 0 aliphatic rings. The second-order valence-electron chi connectivity index (χ2n) is 4.27. The molecule has 0 saturated heterocycles. The Hall–Kier alpha value is -2.43. The fourth-order valence-electron chi connectivity index (χ4n) is 2.15. The van der Waals surface area contributed by atoms with E-state index in [0.29, 0.717) is 10.9 Å². The summed E-state index contributed by atoms with van der Waals surface area (Å²) in [6.45, 7) is 1.68. The highest BCUT2D eigenvalue weighted by Crippen LogP contribution is 2.20. The zero-order valence-electron chi connectivity index (χ0n) is 9.80. The van der Waals surface area contributed by atoms with Gasteiger partial charge in [-0.2, -0.15) is 5.10 Å². The first-order chi connectivity index (χ1) is 8.66. The predicted octanol–water partition coefficient (Wildman–Crippen LogP) is 1.47. The fourth-order valence-corrected chi connectivity index (χ4v) is 2.15. The summed E-state index contributed by atoms with van der Waals surface area (Å²) in [5.41, 5.74) is 1.28. The van der Waals surface area contributed by atoms with Gasteiger partial charge in [0.15, 0.2) is 5.78 Å². The molecule has 0 amide bonds. The van der Waals surface area contributed by atoms with Gasteiger partial charge in [0.1, 0.15) is 0 Å². The van der Waals surface area contributed by atoms with Gasteiger partial charge in [0.2, 0.25) is 0 Å². The van der Waals surface area contributed by atoms with Crippen molar-refractivity contribution in [2.45, 2.75) is 13.5 Å².